The lowest BCUT2D eigenvalue weighted by atomic mass is 10.1. The van der Waals surface area contributed by atoms with Crippen LogP contribution >= 0.6 is 0 Å². The number of rotatable bonds is 16. The highest BCUT2D eigenvalue weighted by Crippen LogP contribution is 2.30. The fourth-order valence-electron chi connectivity index (χ4n) is 3.93. The number of aliphatic carboxylic acids is 1. The molecule has 0 bridgehead atoms. The predicted molar refractivity (Wildman–Crippen MR) is 148 cm³/mol. The number of ether oxygens (including phenoxy) is 4. The van der Waals surface area contributed by atoms with Crippen LogP contribution in [0.5, 0.6) is 11.5 Å². The predicted octanol–water partition coefficient (Wildman–Crippen LogP) is 6.36. The molecule has 8 nitrogen and oxygen atoms in total. The van der Waals surface area contributed by atoms with E-state index in [1.54, 1.807) is 43.3 Å². The van der Waals surface area contributed by atoms with Crippen molar-refractivity contribution >= 4 is 12.1 Å². The van der Waals surface area contributed by atoms with Crippen molar-refractivity contribution in [3.05, 3.63) is 95.3 Å². The number of alkyl halides is 3. The summed E-state index contributed by atoms with van der Waals surface area (Å²) in [6.45, 7) is 2.92. The van der Waals surface area contributed by atoms with Gasteiger partial charge in [-0.3, -0.25) is 0 Å². The van der Waals surface area contributed by atoms with E-state index < -0.39 is 29.9 Å². The molecule has 0 aromatic heterocycles. The lowest BCUT2D eigenvalue weighted by Crippen LogP contribution is -2.38. The molecule has 0 saturated heterocycles. The lowest BCUT2D eigenvalue weighted by Gasteiger charge is -2.22. The molecule has 12 heteroatoms. The normalized spacial score (nSPS) is 12.0. The van der Waals surface area contributed by atoms with Crippen LogP contribution in [0.3, 0.4) is 0 Å². The van der Waals surface area contributed by atoms with Crippen molar-refractivity contribution in [2.75, 3.05) is 32.9 Å². The van der Waals surface area contributed by atoms with Crippen molar-refractivity contribution in [2.45, 2.75) is 38.7 Å². The van der Waals surface area contributed by atoms with Gasteiger partial charge in [-0.05, 0) is 73.0 Å². The Morgan fingerprint density at radius 3 is 2.09 bits per heavy atom. The van der Waals surface area contributed by atoms with Crippen molar-refractivity contribution in [1.82, 2.24) is 4.90 Å². The first-order valence-corrected chi connectivity index (χ1v) is 13.6. The van der Waals surface area contributed by atoms with Gasteiger partial charge in [0.15, 0.2) is 6.10 Å². The van der Waals surface area contributed by atoms with Crippen molar-refractivity contribution in [3.63, 3.8) is 0 Å². The first kappa shape index (κ1) is 33.3. The molecule has 43 heavy (non-hydrogen) atoms. The van der Waals surface area contributed by atoms with Gasteiger partial charge in [-0.25, -0.2) is 14.0 Å². The Morgan fingerprint density at radius 1 is 0.860 bits per heavy atom. The zero-order valence-electron chi connectivity index (χ0n) is 23.5. The molecule has 0 aliphatic carbocycles. The quantitative estimate of drug-likeness (QED) is 0.150. The van der Waals surface area contributed by atoms with Gasteiger partial charge in [-0.2, -0.15) is 13.2 Å². The summed E-state index contributed by atoms with van der Waals surface area (Å²) in [5, 5.41) is 9.27. The van der Waals surface area contributed by atoms with E-state index in [0.29, 0.717) is 12.2 Å². The number of carbonyl (C=O) groups excluding carboxylic acids is 1. The van der Waals surface area contributed by atoms with Gasteiger partial charge in [0.25, 0.3) is 0 Å². The Balaban J connectivity index is 1.55. The summed E-state index contributed by atoms with van der Waals surface area (Å²) in [5.74, 6) is -0.951. The zero-order chi connectivity index (χ0) is 31.2. The molecular weight excluding hydrogens is 574 g/mol. The standard InChI is InChI=1S/C31H33F4NO7/c1-2-41-28(29(37)38)20-22-6-12-26(13-7-22)42-19-17-36(16-3-18-40-21-23-4-10-25(32)11-5-23)30(39)43-27-14-8-24(9-15-27)31(33,34)35/h4-15,28H,2-3,16-21H2,1H3,(H,37,38). The Kier molecular flexibility index (Phi) is 12.8. The van der Waals surface area contributed by atoms with E-state index in [2.05, 4.69) is 0 Å². The van der Waals surface area contributed by atoms with E-state index in [9.17, 15) is 32.3 Å². The number of hydrogen-bond acceptors (Lipinski definition) is 6. The van der Waals surface area contributed by atoms with Gasteiger partial charge >= 0.3 is 18.2 Å². The molecule has 3 rings (SSSR count). The smallest absolute Gasteiger partial charge is 0.416 e. The largest absolute Gasteiger partial charge is 0.492 e. The number of nitrogens with zero attached hydrogens (tertiary/aromatic N) is 1. The van der Waals surface area contributed by atoms with Gasteiger partial charge in [0.1, 0.15) is 23.9 Å². The minimum atomic E-state index is -4.51. The van der Waals surface area contributed by atoms with Gasteiger partial charge in [-0.15, -0.1) is 0 Å². The third kappa shape index (κ3) is 11.6. The van der Waals surface area contributed by atoms with E-state index in [-0.39, 0.29) is 57.5 Å². The summed E-state index contributed by atoms with van der Waals surface area (Å²) < 4.78 is 73.6. The van der Waals surface area contributed by atoms with Crippen LogP contribution in [0.4, 0.5) is 22.4 Å². The monoisotopic (exact) mass is 607 g/mol. The van der Waals surface area contributed by atoms with Crippen LogP contribution in [0.15, 0.2) is 72.8 Å². The fraction of sp³-hybridized carbons (Fsp3) is 0.355. The van der Waals surface area contributed by atoms with Crippen LogP contribution in [0.2, 0.25) is 0 Å². The Bertz CT molecular complexity index is 1280. The number of carbonyl (C=O) groups is 2. The van der Waals surface area contributed by atoms with Crippen molar-refractivity contribution in [3.8, 4) is 11.5 Å². The van der Waals surface area contributed by atoms with E-state index in [0.717, 1.165) is 35.4 Å². The Morgan fingerprint density at radius 2 is 1.49 bits per heavy atom. The third-order valence-electron chi connectivity index (χ3n) is 6.16. The summed E-state index contributed by atoms with van der Waals surface area (Å²) in [6.07, 6.45) is -5.63. The molecule has 0 aliphatic rings. The molecule has 3 aromatic rings. The highest BCUT2D eigenvalue weighted by Gasteiger charge is 2.30. The Labute approximate surface area is 246 Å². The topological polar surface area (TPSA) is 94.5 Å². The second-order valence-corrected chi connectivity index (χ2v) is 9.39. The lowest BCUT2D eigenvalue weighted by molar-refractivity contribution is -0.150. The maximum Gasteiger partial charge on any atom is 0.416 e. The molecule has 0 fully saturated rings. The van der Waals surface area contributed by atoms with E-state index in [1.165, 1.54) is 17.0 Å². The van der Waals surface area contributed by atoms with Crippen LogP contribution in [-0.2, 0) is 33.5 Å². The van der Waals surface area contributed by atoms with Crippen LogP contribution in [0.1, 0.15) is 30.0 Å². The summed E-state index contributed by atoms with van der Waals surface area (Å²) >= 11 is 0. The summed E-state index contributed by atoms with van der Waals surface area (Å²) in [4.78, 5) is 25.6. The zero-order valence-corrected chi connectivity index (χ0v) is 23.5. The minimum absolute atomic E-state index is 0.0428. The molecule has 1 atom stereocenters. The van der Waals surface area contributed by atoms with E-state index >= 15 is 0 Å². The molecule has 1 amide bonds. The maximum absolute atomic E-state index is 13.1. The molecular formula is C31H33F4NO7. The molecule has 1 N–H and O–H groups in total. The SMILES string of the molecule is CCOC(Cc1ccc(OCCN(CCCOCc2ccc(F)cc2)C(=O)Oc2ccc(C(F)(F)F)cc2)cc1)C(=O)O. The molecule has 0 spiro atoms. The molecule has 0 radical (unpaired) electrons. The highest BCUT2D eigenvalue weighted by atomic mass is 19.4. The first-order chi connectivity index (χ1) is 20.5. The van der Waals surface area contributed by atoms with Crippen molar-refractivity contribution in [1.29, 1.82) is 0 Å². The first-order valence-electron chi connectivity index (χ1n) is 13.6. The molecule has 0 saturated carbocycles. The van der Waals surface area contributed by atoms with Crippen LogP contribution < -0.4 is 9.47 Å². The van der Waals surface area contributed by atoms with Crippen molar-refractivity contribution in [2.24, 2.45) is 0 Å². The fourth-order valence-corrected chi connectivity index (χ4v) is 3.93. The van der Waals surface area contributed by atoms with Crippen LogP contribution in [-0.4, -0.2) is 61.1 Å². The molecule has 1 unspecified atom stereocenters. The second-order valence-electron chi connectivity index (χ2n) is 9.39. The minimum Gasteiger partial charge on any atom is -0.492 e. The number of carboxylic acids is 1. The number of benzene rings is 3. The van der Waals surface area contributed by atoms with Crippen molar-refractivity contribution < 1.29 is 51.2 Å². The van der Waals surface area contributed by atoms with Gasteiger partial charge in [-0.1, -0.05) is 24.3 Å². The number of amides is 1. The molecule has 232 valence electrons. The molecule has 3 aromatic carbocycles. The molecule has 0 heterocycles. The van der Waals surface area contributed by atoms with Gasteiger partial charge in [0.2, 0.25) is 0 Å². The average Bonchev–Trinajstić information content (AvgIpc) is 2.97. The average molecular weight is 608 g/mol. The maximum atomic E-state index is 13.1. The summed E-state index contributed by atoms with van der Waals surface area (Å²) in [5.41, 5.74) is 0.671. The van der Waals surface area contributed by atoms with Gasteiger partial charge in [0, 0.05) is 26.2 Å². The van der Waals surface area contributed by atoms with Crippen LogP contribution in [0, 0.1) is 5.82 Å². The number of halogens is 4. The van der Waals surface area contributed by atoms with E-state index in [1.807, 2.05) is 0 Å². The Hall–Kier alpha value is -4.16. The third-order valence-corrected chi connectivity index (χ3v) is 6.16. The van der Waals surface area contributed by atoms with Gasteiger partial charge < -0.3 is 29.0 Å². The number of hydrogen-bond donors (Lipinski definition) is 1. The summed E-state index contributed by atoms with van der Waals surface area (Å²) in [6, 6.07) is 16.5. The van der Waals surface area contributed by atoms with Crippen LogP contribution in [0.25, 0.3) is 0 Å². The second kappa shape index (κ2) is 16.5. The molecule has 0 aliphatic heterocycles. The summed E-state index contributed by atoms with van der Waals surface area (Å²) in [7, 11) is 0. The van der Waals surface area contributed by atoms with E-state index in [4.69, 9.17) is 18.9 Å². The number of carboxylic acid groups (broad SMARTS) is 1. The van der Waals surface area contributed by atoms with Gasteiger partial charge in [0.05, 0.1) is 18.7 Å². The highest BCUT2D eigenvalue weighted by molar-refractivity contribution is 5.72.